The summed E-state index contributed by atoms with van der Waals surface area (Å²) in [6, 6.07) is 33.1. The largest absolute Gasteiger partial charge is 0.458 e. The van der Waals surface area contributed by atoms with E-state index in [1.165, 1.54) is 76.7 Å². The highest BCUT2D eigenvalue weighted by molar-refractivity contribution is 7.02. The fraction of sp³-hybridized carbons (Fsp3) is 0.0244. The van der Waals surface area contributed by atoms with Gasteiger partial charge in [-0.1, -0.05) is 42.5 Å². The SMILES string of the molecule is Cc1c2c(cc3c1Oc1ccc4c5ccncc5n5c4c1B3c1ccccc1-5)B1c3ccccc3-n3c4cnccc4c4ccc(c1c43)O2. The van der Waals surface area contributed by atoms with E-state index in [0.29, 0.717) is 0 Å². The molecule has 0 aliphatic carbocycles. The van der Waals surface area contributed by atoms with Crippen molar-refractivity contribution in [2.24, 2.45) is 0 Å². The van der Waals surface area contributed by atoms with Crippen molar-refractivity contribution in [3.63, 3.8) is 0 Å². The van der Waals surface area contributed by atoms with Crippen LogP contribution in [0.2, 0.25) is 0 Å². The lowest BCUT2D eigenvalue weighted by molar-refractivity contribution is 0.459. The van der Waals surface area contributed by atoms with Crippen LogP contribution in [-0.4, -0.2) is 32.5 Å². The van der Waals surface area contributed by atoms with Crippen LogP contribution in [0.3, 0.4) is 0 Å². The Kier molecular flexibility index (Phi) is 4.17. The van der Waals surface area contributed by atoms with E-state index in [4.69, 9.17) is 9.47 Å². The van der Waals surface area contributed by atoms with Gasteiger partial charge in [-0.15, -0.1) is 0 Å². The predicted molar refractivity (Wildman–Crippen MR) is 198 cm³/mol. The van der Waals surface area contributed by atoms with Crippen LogP contribution in [0, 0.1) is 6.92 Å². The minimum Gasteiger partial charge on any atom is -0.458 e. The van der Waals surface area contributed by atoms with Crippen LogP contribution in [0.5, 0.6) is 23.0 Å². The Bertz CT molecular complexity index is 2850. The molecular formula is C41H22B2N4O2. The number of ether oxygens (including phenoxy) is 2. The zero-order chi connectivity index (χ0) is 31.7. The van der Waals surface area contributed by atoms with E-state index >= 15 is 0 Å². The summed E-state index contributed by atoms with van der Waals surface area (Å²) in [6.45, 7) is 2.17. The number of aromatic nitrogens is 4. The summed E-state index contributed by atoms with van der Waals surface area (Å²) < 4.78 is 18.7. The molecule has 0 unspecified atom stereocenters. The van der Waals surface area contributed by atoms with Gasteiger partial charge in [-0.2, -0.15) is 0 Å². The van der Waals surface area contributed by atoms with E-state index in [-0.39, 0.29) is 13.4 Å². The van der Waals surface area contributed by atoms with E-state index in [2.05, 4.69) is 117 Å². The van der Waals surface area contributed by atoms with Crippen LogP contribution in [0.4, 0.5) is 0 Å². The van der Waals surface area contributed by atoms with Gasteiger partial charge >= 0.3 is 0 Å². The van der Waals surface area contributed by atoms with Crippen LogP contribution < -0.4 is 42.3 Å². The van der Waals surface area contributed by atoms with Gasteiger partial charge in [0, 0.05) is 50.9 Å². The molecule has 0 bridgehead atoms. The Morgan fingerprint density at radius 1 is 0.531 bits per heavy atom. The second-order valence-electron chi connectivity index (χ2n) is 13.7. The highest BCUT2D eigenvalue weighted by Crippen LogP contribution is 2.43. The highest BCUT2D eigenvalue weighted by Gasteiger charge is 2.46. The average molecular weight is 624 g/mol. The summed E-state index contributed by atoms with van der Waals surface area (Å²) in [6.07, 6.45) is 7.76. The van der Waals surface area contributed by atoms with Crippen molar-refractivity contribution in [3.05, 3.63) is 121 Å². The van der Waals surface area contributed by atoms with Gasteiger partial charge in [0.1, 0.15) is 23.0 Å². The van der Waals surface area contributed by atoms with Crippen LogP contribution >= 0.6 is 0 Å². The monoisotopic (exact) mass is 624 g/mol. The molecule has 0 radical (unpaired) electrons. The summed E-state index contributed by atoms with van der Waals surface area (Å²) in [4.78, 5) is 9.08. The summed E-state index contributed by atoms with van der Waals surface area (Å²) >= 11 is 0. The summed E-state index contributed by atoms with van der Waals surface area (Å²) in [5.74, 6) is 3.59. The van der Waals surface area contributed by atoms with Crippen LogP contribution in [-0.2, 0) is 0 Å². The van der Waals surface area contributed by atoms with E-state index in [1.807, 2.05) is 24.8 Å². The molecule has 0 atom stereocenters. The number of hydrogen-bond acceptors (Lipinski definition) is 4. The quantitative estimate of drug-likeness (QED) is 0.227. The minimum atomic E-state index is 0.000897. The number of hydrogen-bond donors (Lipinski definition) is 0. The van der Waals surface area contributed by atoms with Crippen molar-refractivity contribution in [1.82, 2.24) is 19.1 Å². The van der Waals surface area contributed by atoms with Gasteiger partial charge in [0.15, 0.2) is 0 Å². The molecule has 0 amide bonds. The molecule has 13 rings (SSSR count). The maximum Gasteiger partial charge on any atom is 0.256 e. The first-order valence-electron chi connectivity index (χ1n) is 16.8. The fourth-order valence-electron chi connectivity index (χ4n) is 9.74. The lowest BCUT2D eigenvalue weighted by Crippen LogP contribution is -2.62. The molecule has 0 saturated carbocycles. The van der Waals surface area contributed by atoms with Crippen molar-refractivity contribution >= 4 is 89.8 Å². The maximum absolute atomic E-state index is 6.98. The van der Waals surface area contributed by atoms with E-state index in [0.717, 1.165) is 39.6 Å². The number of para-hydroxylation sites is 2. The van der Waals surface area contributed by atoms with Gasteiger partial charge in [0.25, 0.3) is 13.4 Å². The van der Waals surface area contributed by atoms with Crippen LogP contribution in [0.25, 0.3) is 55.0 Å². The molecule has 4 aromatic heterocycles. The van der Waals surface area contributed by atoms with Gasteiger partial charge in [-0.05, 0) is 88.2 Å². The zero-order valence-corrected chi connectivity index (χ0v) is 26.2. The molecule has 224 valence electrons. The van der Waals surface area contributed by atoms with Gasteiger partial charge < -0.3 is 18.6 Å². The van der Waals surface area contributed by atoms with Crippen molar-refractivity contribution in [3.8, 4) is 34.4 Å². The van der Waals surface area contributed by atoms with Crippen LogP contribution in [0.1, 0.15) is 5.56 Å². The molecule has 0 saturated heterocycles. The van der Waals surface area contributed by atoms with Crippen molar-refractivity contribution in [1.29, 1.82) is 0 Å². The molecule has 5 aromatic carbocycles. The maximum atomic E-state index is 6.98. The summed E-state index contributed by atoms with van der Waals surface area (Å²) in [5, 5.41) is 4.85. The Morgan fingerprint density at radius 3 is 1.53 bits per heavy atom. The van der Waals surface area contributed by atoms with Crippen LogP contribution in [0.15, 0.2) is 116 Å². The lowest BCUT2D eigenvalue weighted by atomic mass is 9.31. The standard InChI is InChI=1S/C41H22B2N4O2/c1-21-40-28(42-26-6-2-4-8-30(26)46-32-19-44-16-14-22(32)24-10-12-34(48-40)36(42)38(24)46)18-29-41(21)49-35-13-11-25-23-15-17-45-20-33(23)47-31-9-5-3-7-27(31)43(29)37(35)39(25)47/h2-20H,1H3. The smallest absolute Gasteiger partial charge is 0.256 e. The Labute approximate surface area is 280 Å². The first-order chi connectivity index (χ1) is 24.3. The van der Waals surface area contributed by atoms with E-state index in [9.17, 15) is 0 Å². The van der Waals surface area contributed by atoms with Crippen molar-refractivity contribution in [2.45, 2.75) is 6.92 Å². The first kappa shape index (κ1) is 24.8. The molecule has 0 fully saturated rings. The van der Waals surface area contributed by atoms with Gasteiger partial charge in [-0.3, -0.25) is 9.97 Å². The number of fused-ring (bicyclic) bond motifs is 16. The Morgan fingerprint density at radius 2 is 1.02 bits per heavy atom. The molecule has 4 aliphatic heterocycles. The molecule has 4 aliphatic rings. The average Bonchev–Trinajstić information content (AvgIpc) is 3.68. The number of nitrogens with zero attached hydrogens (tertiary/aromatic N) is 4. The normalized spacial score (nSPS) is 14.1. The first-order valence-corrected chi connectivity index (χ1v) is 16.8. The molecule has 49 heavy (non-hydrogen) atoms. The Balaban J connectivity index is 1.15. The molecule has 0 spiro atoms. The summed E-state index contributed by atoms with van der Waals surface area (Å²) in [5.41, 5.74) is 15.4. The second-order valence-corrected chi connectivity index (χ2v) is 13.7. The number of pyridine rings is 2. The molecule has 6 nitrogen and oxygen atoms in total. The zero-order valence-electron chi connectivity index (χ0n) is 26.2. The minimum absolute atomic E-state index is 0.000897. The van der Waals surface area contributed by atoms with Gasteiger partial charge in [-0.25, -0.2) is 0 Å². The third-order valence-electron chi connectivity index (χ3n) is 11.6. The number of benzene rings is 5. The molecule has 8 heterocycles. The van der Waals surface area contributed by atoms with Gasteiger partial charge in [0.05, 0.1) is 34.5 Å². The van der Waals surface area contributed by atoms with E-state index < -0.39 is 0 Å². The molecule has 8 heteroatoms. The second kappa shape index (κ2) is 8.23. The topological polar surface area (TPSA) is 54.1 Å². The lowest BCUT2D eigenvalue weighted by Gasteiger charge is -2.37. The van der Waals surface area contributed by atoms with Crippen molar-refractivity contribution in [2.75, 3.05) is 0 Å². The third kappa shape index (κ3) is 2.72. The Hall–Kier alpha value is -6.27. The summed E-state index contributed by atoms with van der Waals surface area (Å²) in [7, 11) is 0. The van der Waals surface area contributed by atoms with Gasteiger partial charge in [0.2, 0.25) is 0 Å². The van der Waals surface area contributed by atoms with E-state index in [1.54, 1.807) is 0 Å². The molecular weight excluding hydrogens is 602 g/mol. The molecule has 9 aromatic rings. The molecule has 0 N–H and O–H groups in total. The third-order valence-corrected chi connectivity index (χ3v) is 11.6. The number of rotatable bonds is 0. The highest BCUT2D eigenvalue weighted by atomic mass is 16.5. The van der Waals surface area contributed by atoms with Crippen molar-refractivity contribution < 1.29 is 9.47 Å². The fourth-order valence-corrected chi connectivity index (χ4v) is 9.74. The predicted octanol–water partition coefficient (Wildman–Crippen LogP) is 4.85.